The van der Waals surface area contributed by atoms with E-state index in [1.54, 1.807) is 6.07 Å². The molecule has 3 rings (SSSR count). The van der Waals surface area contributed by atoms with Gasteiger partial charge in [-0.25, -0.2) is 23.2 Å². The van der Waals surface area contributed by atoms with Gasteiger partial charge in [0.2, 0.25) is 0 Å². The summed E-state index contributed by atoms with van der Waals surface area (Å²) in [6.45, 7) is -0.390. The van der Waals surface area contributed by atoms with E-state index >= 15 is 0 Å². The highest BCUT2D eigenvalue weighted by molar-refractivity contribution is 9.10. The highest BCUT2D eigenvalue weighted by Gasteiger charge is 2.11. The van der Waals surface area contributed by atoms with Crippen LogP contribution < -0.4 is 11.0 Å². The number of halogens is 2. The zero-order valence-electron chi connectivity index (χ0n) is 14.5. The molecule has 0 aliphatic rings. The summed E-state index contributed by atoms with van der Waals surface area (Å²) in [5, 5.41) is 14.7. The van der Waals surface area contributed by atoms with E-state index in [4.69, 9.17) is 5.11 Å². The van der Waals surface area contributed by atoms with E-state index in [1.807, 2.05) is 42.5 Å². The second-order valence-corrected chi connectivity index (χ2v) is 6.84. The predicted molar refractivity (Wildman–Crippen MR) is 106 cm³/mol. The zero-order chi connectivity index (χ0) is 20.1. The van der Waals surface area contributed by atoms with Crippen molar-refractivity contribution in [1.82, 2.24) is 19.7 Å². The fraction of sp³-hybridized carbons (Fsp3) is 0.105. The number of rotatable bonds is 6. The summed E-state index contributed by atoms with van der Waals surface area (Å²) in [6, 6.07) is 15.2. The topological polar surface area (TPSA) is 89.2 Å². The largest absolute Gasteiger partial charge is 0.465 e. The number of carboxylic acid groups (broad SMARTS) is 1. The molecule has 3 aromatic rings. The SMILES string of the molecule is O=C(O)NCC(=CF)Cn1ncn(-c2cccc(-c3ccc(Br)cc3)c2)c1=O. The minimum atomic E-state index is -1.28. The molecule has 0 unspecified atom stereocenters. The fourth-order valence-corrected chi connectivity index (χ4v) is 2.88. The first-order chi connectivity index (χ1) is 13.5. The Morgan fingerprint density at radius 2 is 1.96 bits per heavy atom. The molecule has 0 aliphatic heterocycles. The average Bonchev–Trinajstić information content (AvgIpc) is 3.06. The number of hydrogen-bond donors (Lipinski definition) is 2. The Labute approximate surface area is 167 Å². The van der Waals surface area contributed by atoms with Crippen LogP contribution in [0.2, 0.25) is 0 Å². The van der Waals surface area contributed by atoms with Crippen molar-refractivity contribution in [2.45, 2.75) is 6.54 Å². The maximum atomic E-state index is 13.0. The van der Waals surface area contributed by atoms with Crippen LogP contribution in [-0.4, -0.2) is 32.1 Å². The van der Waals surface area contributed by atoms with Crippen LogP contribution in [0.25, 0.3) is 16.8 Å². The molecular formula is C19H16BrFN4O3. The third-order valence-electron chi connectivity index (χ3n) is 4.01. The first-order valence-electron chi connectivity index (χ1n) is 8.23. The minimum absolute atomic E-state index is 0.0818. The Kier molecular flexibility index (Phi) is 6.05. The molecule has 7 nitrogen and oxygen atoms in total. The van der Waals surface area contributed by atoms with E-state index < -0.39 is 11.8 Å². The van der Waals surface area contributed by atoms with Gasteiger partial charge >= 0.3 is 11.8 Å². The van der Waals surface area contributed by atoms with Crippen molar-refractivity contribution in [2.24, 2.45) is 0 Å². The second kappa shape index (κ2) is 8.66. The van der Waals surface area contributed by atoms with Gasteiger partial charge in [0.05, 0.1) is 18.6 Å². The van der Waals surface area contributed by atoms with Gasteiger partial charge < -0.3 is 10.4 Å². The molecule has 0 aliphatic carbocycles. The number of nitrogens with zero attached hydrogens (tertiary/aromatic N) is 3. The van der Waals surface area contributed by atoms with Gasteiger partial charge in [-0.2, -0.15) is 5.10 Å². The molecule has 1 amide bonds. The van der Waals surface area contributed by atoms with Crippen LogP contribution in [0.4, 0.5) is 9.18 Å². The van der Waals surface area contributed by atoms with Crippen molar-refractivity contribution in [3.05, 3.63) is 81.7 Å². The monoisotopic (exact) mass is 446 g/mol. The summed E-state index contributed by atoms with van der Waals surface area (Å²) in [6.07, 6.45) is 0.348. The van der Waals surface area contributed by atoms with Gasteiger partial charge in [0.25, 0.3) is 0 Å². The van der Waals surface area contributed by atoms with Crippen LogP contribution in [0, 0.1) is 0 Å². The number of carbonyl (C=O) groups is 1. The molecule has 144 valence electrons. The number of amides is 1. The van der Waals surface area contributed by atoms with Gasteiger partial charge in [-0.15, -0.1) is 0 Å². The Morgan fingerprint density at radius 3 is 2.64 bits per heavy atom. The molecule has 28 heavy (non-hydrogen) atoms. The molecule has 9 heteroatoms. The van der Waals surface area contributed by atoms with Gasteiger partial charge in [-0.3, -0.25) is 0 Å². The van der Waals surface area contributed by atoms with Crippen LogP contribution in [-0.2, 0) is 6.54 Å². The standard InChI is InChI=1S/C19H16BrFN4O3/c20-16-6-4-14(5-7-16)15-2-1-3-17(8-15)24-12-23-25(19(24)28)11-13(9-21)10-22-18(26)27/h1-9,12,22H,10-11H2,(H,26,27). The first-order valence-corrected chi connectivity index (χ1v) is 9.03. The number of hydrogen-bond acceptors (Lipinski definition) is 3. The Morgan fingerprint density at radius 1 is 1.21 bits per heavy atom. The van der Waals surface area contributed by atoms with Crippen LogP contribution in [0.15, 0.2) is 76.0 Å². The highest BCUT2D eigenvalue weighted by atomic mass is 79.9. The van der Waals surface area contributed by atoms with E-state index in [-0.39, 0.29) is 25.0 Å². The molecule has 0 atom stereocenters. The van der Waals surface area contributed by atoms with Gasteiger partial charge in [-0.05, 0) is 41.0 Å². The third-order valence-corrected chi connectivity index (χ3v) is 4.54. The summed E-state index contributed by atoms with van der Waals surface area (Å²) in [7, 11) is 0. The molecule has 2 N–H and O–H groups in total. The summed E-state index contributed by atoms with van der Waals surface area (Å²) in [4.78, 5) is 23.2. The third kappa shape index (κ3) is 4.55. The second-order valence-electron chi connectivity index (χ2n) is 5.92. The van der Waals surface area contributed by atoms with Gasteiger partial charge in [-0.1, -0.05) is 40.2 Å². The van der Waals surface area contributed by atoms with E-state index in [2.05, 4.69) is 26.3 Å². The molecule has 0 saturated heterocycles. The highest BCUT2D eigenvalue weighted by Crippen LogP contribution is 2.23. The molecule has 1 heterocycles. The predicted octanol–water partition coefficient (Wildman–Crippen LogP) is 3.58. The van der Waals surface area contributed by atoms with Crippen molar-refractivity contribution in [1.29, 1.82) is 0 Å². The summed E-state index contributed by atoms with van der Waals surface area (Å²) < 4.78 is 16.4. The van der Waals surface area contributed by atoms with Gasteiger partial charge in [0.15, 0.2) is 0 Å². The van der Waals surface area contributed by atoms with Gasteiger partial charge in [0, 0.05) is 11.0 Å². The zero-order valence-corrected chi connectivity index (χ0v) is 16.1. The van der Waals surface area contributed by atoms with Crippen molar-refractivity contribution in [2.75, 3.05) is 6.54 Å². The van der Waals surface area contributed by atoms with E-state index in [9.17, 15) is 14.0 Å². The quantitative estimate of drug-likeness (QED) is 0.605. The lowest BCUT2D eigenvalue weighted by atomic mass is 10.1. The van der Waals surface area contributed by atoms with E-state index in [0.29, 0.717) is 5.69 Å². The lowest BCUT2D eigenvalue weighted by Crippen LogP contribution is -2.29. The number of aromatic nitrogens is 3. The minimum Gasteiger partial charge on any atom is -0.465 e. The molecule has 0 saturated carbocycles. The summed E-state index contributed by atoms with van der Waals surface area (Å²) in [5.74, 6) is 0. The van der Waals surface area contributed by atoms with Gasteiger partial charge in [0.1, 0.15) is 6.33 Å². The van der Waals surface area contributed by atoms with Crippen LogP contribution in [0.3, 0.4) is 0 Å². The Hall–Kier alpha value is -3.20. The Balaban J connectivity index is 1.86. The normalized spacial score (nSPS) is 11.4. The van der Waals surface area contributed by atoms with Crippen molar-refractivity contribution >= 4 is 22.0 Å². The number of nitrogens with one attached hydrogen (secondary N) is 1. The smallest absolute Gasteiger partial charge is 0.404 e. The van der Waals surface area contributed by atoms with Crippen LogP contribution in [0.5, 0.6) is 0 Å². The fourth-order valence-electron chi connectivity index (χ4n) is 2.61. The molecule has 0 spiro atoms. The first kappa shape index (κ1) is 19.6. The van der Waals surface area contributed by atoms with Crippen LogP contribution in [0.1, 0.15) is 0 Å². The lowest BCUT2D eigenvalue weighted by Gasteiger charge is -2.06. The number of benzene rings is 2. The Bertz CT molecular complexity index is 1070. The lowest BCUT2D eigenvalue weighted by molar-refractivity contribution is 0.195. The molecule has 2 aromatic carbocycles. The molecular weight excluding hydrogens is 431 g/mol. The van der Waals surface area contributed by atoms with E-state index in [0.717, 1.165) is 20.3 Å². The van der Waals surface area contributed by atoms with Crippen molar-refractivity contribution < 1.29 is 14.3 Å². The molecule has 0 fully saturated rings. The molecule has 0 bridgehead atoms. The maximum Gasteiger partial charge on any atom is 0.404 e. The summed E-state index contributed by atoms with van der Waals surface area (Å²) in [5.41, 5.74) is 2.17. The van der Waals surface area contributed by atoms with Crippen molar-refractivity contribution in [3.8, 4) is 16.8 Å². The van der Waals surface area contributed by atoms with Crippen LogP contribution >= 0.6 is 15.9 Å². The maximum absolute atomic E-state index is 13.0. The molecule has 1 aromatic heterocycles. The summed E-state index contributed by atoms with van der Waals surface area (Å²) >= 11 is 3.40. The average molecular weight is 447 g/mol. The van der Waals surface area contributed by atoms with Crippen molar-refractivity contribution in [3.63, 3.8) is 0 Å². The molecule has 0 radical (unpaired) electrons. The van der Waals surface area contributed by atoms with E-state index in [1.165, 1.54) is 10.9 Å².